The highest BCUT2D eigenvalue weighted by Gasteiger charge is 2.56. The molecule has 0 unspecified atom stereocenters. The third kappa shape index (κ3) is 3.84. The Bertz CT molecular complexity index is 285. The molecular formula is C16H34O3Si. The molecule has 1 aliphatic heterocycles. The van der Waals surface area contributed by atoms with E-state index < -0.39 is 8.32 Å². The molecule has 0 aliphatic carbocycles. The number of hydrogen-bond donors (Lipinski definition) is 1. The van der Waals surface area contributed by atoms with Crippen molar-refractivity contribution in [2.45, 2.75) is 90.3 Å². The molecule has 0 aromatic carbocycles. The zero-order chi connectivity index (χ0) is 15.4. The highest BCUT2D eigenvalue weighted by molar-refractivity contribution is 6.73. The van der Waals surface area contributed by atoms with Crippen LogP contribution < -0.4 is 0 Å². The minimum Gasteiger partial charge on any atom is -0.414 e. The van der Waals surface area contributed by atoms with Gasteiger partial charge in [-0.15, -0.1) is 0 Å². The topological polar surface area (TPSA) is 42.0 Å². The molecule has 1 N–H and O–H groups in total. The molecule has 0 radical (unpaired) electrons. The highest BCUT2D eigenvalue weighted by atomic mass is 28.4. The predicted molar refractivity (Wildman–Crippen MR) is 86.5 cm³/mol. The number of rotatable bonds is 10. The van der Waals surface area contributed by atoms with Crippen LogP contribution in [-0.4, -0.2) is 37.8 Å². The summed E-state index contributed by atoms with van der Waals surface area (Å²) in [6.45, 7) is 13.4. The van der Waals surface area contributed by atoms with Gasteiger partial charge in [0.05, 0.1) is 18.8 Å². The molecule has 4 atom stereocenters. The molecule has 1 heterocycles. The lowest BCUT2D eigenvalue weighted by molar-refractivity contribution is 0.102. The molecule has 1 rings (SSSR count). The zero-order valence-corrected chi connectivity index (χ0v) is 15.2. The first kappa shape index (κ1) is 18.1. The average Bonchev–Trinajstić information content (AvgIpc) is 3.16. The maximum atomic E-state index is 9.41. The Labute approximate surface area is 126 Å². The van der Waals surface area contributed by atoms with Crippen molar-refractivity contribution in [3.8, 4) is 0 Å². The summed E-state index contributed by atoms with van der Waals surface area (Å²) in [5.74, 6) is 0.364. The summed E-state index contributed by atoms with van der Waals surface area (Å²) in [6.07, 6.45) is 2.67. The van der Waals surface area contributed by atoms with E-state index in [2.05, 4.69) is 34.6 Å². The van der Waals surface area contributed by atoms with Gasteiger partial charge < -0.3 is 14.3 Å². The van der Waals surface area contributed by atoms with Crippen molar-refractivity contribution in [2.24, 2.45) is 5.92 Å². The van der Waals surface area contributed by atoms with Gasteiger partial charge in [-0.1, -0.05) is 41.0 Å². The Balaban J connectivity index is 2.74. The molecule has 0 aromatic heterocycles. The number of aliphatic hydroxyl groups is 1. The molecule has 0 saturated carbocycles. The predicted octanol–water partition coefficient (Wildman–Crippen LogP) is 3.96. The standard InChI is InChI=1S/C16H34O3Si/c1-7-11-14(19-20(8-2,9-3)10-4)13(5)15-16(6,12-17)18-15/h13-15,17H,7-12H2,1-6H3/t13-,14+,15+,16-/m0/s1. The third-order valence-electron chi connectivity index (χ3n) is 5.23. The minimum absolute atomic E-state index is 0.110. The largest absolute Gasteiger partial charge is 0.414 e. The second-order valence-corrected chi connectivity index (χ2v) is 11.3. The van der Waals surface area contributed by atoms with Crippen molar-refractivity contribution in [2.75, 3.05) is 6.61 Å². The molecule has 3 nitrogen and oxygen atoms in total. The van der Waals surface area contributed by atoms with Crippen molar-refractivity contribution in [1.29, 1.82) is 0 Å². The van der Waals surface area contributed by atoms with E-state index in [0.29, 0.717) is 5.92 Å². The fraction of sp³-hybridized carbons (Fsp3) is 1.00. The van der Waals surface area contributed by atoms with Crippen LogP contribution in [0.3, 0.4) is 0 Å². The minimum atomic E-state index is -1.57. The lowest BCUT2D eigenvalue weighted by atomic mass is 9.91. The average molecular weight is 303 g/mol. The van der Waals surface area contributed by atoms with Gasteiger partial charge >= 0.3 is 0 Å². The number of epoxide rings is 1. The van der Waals surface area contributed by atoms with Crippen molar-refractivity contribution < 1.29 is 14.3 Å². The first-order valence-corrected chi connectivity index (χ1v) is 10.9. The monoisotopic (exact) mass is 302 g/mol. The Hall–Kier alpha value is 0.0969. The summed E-state index contributed by atoms with van der Waals surface area (Å²) in [4.78, 5) is 0. The van der Waals surface area contributed by atoms with Crippen molar-refractivity contribution in [3.05, 3.63) is 0 Å². The number of hydrogen-bond acceptors (Lipinski definition) is 3. The van der Waals surface area contributed by atoms with Crippen LogP contribution in [0, 0.1) is 5.92 Å². The smallest absolute Gasteiger partial charge is 0.192 e. The van der Waals surface area contributed by atoms with Gasteiger partial charge in [0, 0.05) is 5.92 Å². The van der Waals surface area contributed by atoms with E-state index in [1.807, 2.05) is 6.92 Å². The first-order valence-electron chi connectivity index (χ1n) is 8.38. The van der Waals surface area contributed by atoms with Crippen LogP contribution in [0.25, 0.3) is 0 Å². The van der Waals surface area contributed by atoms with E-state index in [4.69, 9.17) is 9.16 Å². The summed E-state index contributed by atoms with van der Waals surface area (Å²) in [5, 5.41) is 9.41. The number of ether oxygens (including phenoxy) is 1. The first-order chi connectivity index (χ1) is 9.41. The van der Waals surface area contributed by atoms with Gasteiger partial charge in [0.1, 0.15) is 5.60 Å². The van der Waals surface area contributed by atoms with Crippen LogP contribution >= 0.6 is 0 Å². The van der Waals surface area contributed by atoms with Gasteiger partial charge in [0.25, 0.3) is 0 Å². The maximum Gasteiger partial charge on any atom is 0.192 e. The van der Waals surface area contributed by atoms with Gasteiger partial charge in [0.2, 0.25) is 0 Å². The van der Waals surface area contributed by atoms with Crippen LogP contribution in [0.15, 0.2) is 0 Å². The van der Waals surface area contributed by atoms with Crippen LogP contribution in [0.2, 0.25) is 18.1 Å². The molecular weight excluding hydrogens is 268 g/mol. The summed E-state index contributed by atoms with van der Waals surface area (Å²) in [7, 11) is -1.57. The molecule has 120 valence electrons. The maximum absolute atomic E-state index is 9.41. The fourth-order valence-corrected chi connectivity index (χ4v) is 6.25. The lowest BCUT2D eigenvalue weighted by Gasteiger charge is -2.36. The zero-order valence-electron chi connectivity index (χ0n) is 14.2. The molecule has 0 spiro atoms. The molecule has 0 amide bonds. The van der Waals surface area contributed by atoms with E-state index in [-0.39, 0.29) is 24.4 Å². The van der Waals surface area contributed by atoms with Crippen LogP contribution in [0.1, 0.15) is 54.4 Å². The molecule has 1 saturated heterocycles. The van der Waals surface area contributed by atoms with E-state index >= 15 is 0 Å². The number of aliphatic hydroxyl groups excluding tert-OH is 1. The normalized spacial score (nSPS) is 29.2. The molecule has 0 bridgehead atoms. The Morgan fingerprint density at radius 2 is 1.75 bits per heavy atom. The molecule has 0 aromatic rings. The van der Waals surface area contributed by atoms with E-state index in [9.17, 15) is 5.11 Å². The second kappa shape index (κ2) is 7.39. The third-order valence-corrected chi connectivity index (χ3v) is 9.90. The highest BCUT2D eigenvalue weighted by Crippen LogP contribution is 2.43. The van der Waals surface area contributed by atoms with Crippen molar-refractivity contribution in [3.63, 3.8) is 0 Å². The quantitative estimate of drug-likeness (QED) is 0.490. The van der Waals surface area contributed by atoms with Gasteiger partial charge in [-0.3, -0.25) is 0 Å². The van der Waals surface area contributed by atoms with Gasteiger partial charge in [-0.05, 0) is 31.5 Å². The van der Waals surface area contributed by atoms with Gasteiger partial charge in [0.15, 0.2) is 8.32 Å². The summed E-state index contributed by atoms with van der Waals surface area (Å²) < 4.78 is 12.4. The lowest BCUT2D eigenvalue weighted by Crippen LogP contribution is -2.43. The van der Waals surface area contributed by atoms with Crippen molar-refractivity contribution in [1.82, 2.24) is 0 Å². The molecule has 1 aliphatic rings. The van der Waals surface area contributed by atoms with Gasteiger partial charge in [-0.2, -0.15) is 0 Å². The second-order valence-electron chi connectivity index (χ2n) is 6.56. The fourth-order valence-electron chi connectivity index (χ4n) is 3.28. The van der Waals surface area contributed by atoms with E-state index in [1.54, 1.807) is 0 Å². The Morgan fingerprint density at radius 3 is 2.10 bits per heavy atom. The van der Waals surface area contributed by atoms with Gasteiger partial charge in [-0.25, -0.2) is 0 Å². The summed E-state index contributed by atoms with van der Waals surface area (Å²) in [6, 6.07) is 3.57. The van der Waals surface area contributed by atoms with E-state index in [1.165, 1.54) is 18.1 Å². The summed E-state index contributed by atoms with van der Waals surface area (Å²) >= 11 is 0. The van der Waals surface area contributed by atoms with Crippen LogP contribution in [-0.2, 0) is 9.16 Å². The van der Waals surface area contributed by atoms with Crippen molar-refractivity contribution >= 4 is 8.32 Å². The molecule has 4 heteroatoms. The van der Waals surface area contributed by atoms with E-state index in [0.717, 1.165) is 12.8 Å². The SMILES string of the molecule is CCC[C@@H](O[Si](CC)(CC)CC)[C@H](C)[C@H]1O[C@@]1(C)CO. The Morgan fingerprint density at radius 1 is 1.20 bits per heavy atom. The summed E-state index contributed by atoms with van der Waals surface area (Å²) in [5.41, 5.74) is -0.330. The van der Waals surface area contributed by atoms with Crippen LogP contribution in [0.4, 0.5) is 0 Å². The Kier molecular flexibility index (Phi) is 6.70. The van der Waals surface area contributed by atoms with Crippen LogP contribution in [0.5, 0.6) is 0 Å². The molecule has 20 heavy (non-hydrogen) atoms. The molecule has 1 fully saturated rings.